The minimum absolute atomic E-state index is 0.000651. The van der Waals surface area contributed by atoms with Crippen LogP contribution in [0.3, 0.4) is 0 Å². The van der Waals surface area contributed by atoms with Crippen molar-refractivity contribution in [2.24, 2.45) is 5.73 Å². The lowest BCUT2D eigenvalue weighted by molar-refractivity contribution is -0.123. The predicted octanol–water partition coefficient (Wildman–Crippen LogP) is 1.79. The number of carbonyl (C=O) groups excluding carboxylic acids is 1. The summed E-state index contributed by atoms with van der Waals surface area (Å²) in [5, 5.41) is 3.02. The van der Waals surface area contributed by atoms with Gasteiger partial charge < -0.3 is 15.8 Å². The fraction of sp³-hybridized carbons (Fsp3) is 0.533. The van der Waals surface area contributed by atoms with Crippen LogP contribution < -0.4 is 11.1 Å². The van der Waals surface area contributed by atoms with E-state index in [0.29, 0.717) is 19.4 Å². The summed E-state index contributed by atoms with van der Waals surface area (Å²) in [6.45, 7) is 4.26. The van der Waals surface area contributed by atoms with Crippen molar-refractivity contribution in [2.45, 2.75) is 38.3 Å². The largest absolute Gasteiger partial charge is 0.382 e. The van der Waals surface area contributed by atoms with Gasteiger partial charge in [0.2, 0.25) is 5.91 Å². The maximum atomic E-state index is 12.0. The third kappa shape index (κ3) is 4.65. The highest BCUT2D eigenvalue weighted by atomic mass is 16.5. The highest BCUT2D eigenvalue weighted by molar-refractivity contribution is 5.77. The Labute approximate surface area is 115 Å². The van der Waals surface area contributed by atoms with Crippen LogP contribution in [0.15, 0.2) is 30.3 Å². The molecule has 19 heavy (non-hydrogen) atoms. The Balaban J connectivity index is 2.63. The molecule has 0 spiro atoms. The quantitative estimate of drug-likeness (QED) is 0.789. The first-order valence-electron chi connectivity index (χ1n) is 6.61. The van der Waals surface area contributed by atoms with E-state index in [1.54, 1.807) is 7.11 Å². The minimum atomic E-state index is -0.519. The molecule has 0 radical (unpaired) electrons. The number of hydrogen-bond donors (Lipinski definition) is 2. The summed E-state index contributed by atoms with van der Waals surface area (Å²) in [6.07, 6.45) is 1.24. The number of methoxy groups -OCH3 is 1. The van der Waals surface area contributed by atoms with Crippen molar-refractivity contribution in [3.05, 3.63) is 35.9 Å². The summed E-state index contributed by atoms with van der Waals surface area (Å²) in [5.74, 6) is 0.000651. The van der Waals surface area contributed by atoms with Gasteiger partial charge in [-0.05, 0) is 25.8 Å². The summed E-state index contributed by atoms with van der Waals surface area (Å²) >= 11 is 0. The fourth-order valence-electron chi connectivity index (χ4n) is 1.87. The number of benzene rings is 1. The minimum Gasteiger partial charge on any atom is -0.382 e. The fourth-order valence-corrected chi connectivity index (χ4v) is 1.87. The summed E-state index contributed by atoms with van der Waals surface area (Å²) in [7, 11) is 1.65. The summed E-state index contributed by atoms with van der Waals surface area (Å²) in [6, 6.07) is 9.79. The molecule has 1 aromatic carbocycles. The van der Waals surface area contributed by atoms with Crippen LogP contribution >= 0.6 is 0 Å². The lowest BCUT2D eigenvalue weighted by Crippen LogP contribution is -2.48. The lowest BCUT2D eigenvalue weighted by Gasteiger charge is -2.30. The SMILES string of the molecule is COC(C)CCC(=O)NC(C)(CN)c1ccccc1. The number of amides is 1. The third-order valence-electron chi connectivity index (χ3n) is 3.41. The maximum Gasteiger partial charge on any atom is 0.220 e. The first kappa shape index (κ1) is 15.7. The summed E-state index contributed by atoms with van der Waals surface area (Å²) < 4.78 is 5.14. The molecule has 0 heterocycles. The highest BCUT2D eigenvalue weighted by Gasteiger charge is 2.26. The van der Waals surface area contributed by atoms with E-state index in [9.17, 15) is 4.79 Å². The maximum absolute atomic E-state index is 12.0. The van der Waals surface area contributed by atoms with Gasteiger partial charge >= 0.3 is 0 Å². The van der Waals surface area contributed by atoms with Crippen molar-refractivity contribution in [3.63, 3.8) is 0 Å². The Hall–Kier alpha value is -1.39. The molecule has 0 aromatic heterocycles. The first-order valence-corrected chi connectivity index (χ1v) is 6.61. The van der Waals surface area contributed by atoms with Gasteiger partial charge in [-0.3, -0.25) is 4.79 Å². The van der Waals surface area contributed by atoms with Gasteiger partial charge in [0, 0.05) is 20.1 Å². The molecule has 0 saturated carbocycles. The number of nitrogens with two attached hydrogens (primary N) is 1. The first-order chi connectivity index (χ1) is 9.01. The molecule has 2 unspecified atom stereocenters. The molecule has 3 N–H and O–H groups in total. The van der Waals surface area contributed by atoms with Crippen LogP contribution in [0.2, 0.25) is 0 Å². The molecule has 106 valence electrons. The van der Waals surface area contributed by atoms with E-state index in [1.165, 1.54) is 0 Å². The van der Waals surface area contributed by atoms with Gasteiger partial charge in [-0.1, -0.05) is 30.3 Å². The van der Waals surface area contributed by atoms with Crippen molar-refractivity contribution < 1.29 is 9.53 Å². The number of nitrogens with one attached hydrogen (secondary N) is 1. The molecular weight excluding hydrogens is 240 g/mol. The normalized spacial score (nSPS) is 15.6. The molecular formula is C15H24N2O2. The molecule has 0 bridgehead atoms. The van der Waals surface area contributed by atoms with Crippen LogP contribution in [-0.2, 0) is 15.1 Å². The van der Waals surface area contributed by atoms with Gasteiger partial charge in [0.25, 0.3) is 0 Å². The zero-order chi connectivity index (χ0) is 14.3. The van der Waals surface area contributed by atoms with Crippen LogP contribution in [0.5, 0.6) is 0 Å². The zero-order valence-corrected chi connectivity index (χ0v) is 12.0. The van der Waals surface area contributed by atoms with E-state index >= 15 is 0 Å². The molecule has 0 aliphatic carbocycles. The molecule has 4 nitrogen and oxygen atoms in total. The second kappa shape index (κ2) is 7.26. The van der Waals surface area contributed by atoms with Crippen molar-refractivity contribution >= 4 is 5.91 Å². The molecule has 0 saturated heterocycles. The van der Waals surface area contributed by atoms with Gasteiger partial charge in [0.1, 0.15) is 0 Å². The number of carbonyl (C=O) groups is 1. The van der Waals surface area contributed by atoms with Crippen LogP contribution in [0.1, 0.15) is 32.3 Å². The second-order valence-corrected chi connectivity index (χ2v) is 5.04. The Morgan fingerprint density at radius 2 is 2.05 bits per heavy atom. The summed E-state index contributed by atoms with van der Waals surface area (Å²) in [5.41, 5.74) is 6.33. The standard InChI is InChI=1S/C15H24N2O2/c1-12(19-3)9-10-14(18)17-15(2,11-16)13-7-5-4-6-8-13/h4-8,12H,9-11,16H2,1-3H3,(H,17,18). The van der Waals surface area contributed by atoms with Crippen molar-refractivity contribution in [2.75, 3.05) is 13.7 Å². The van der Waals surface area contributed by atoms with Gasteiger partial charge in [-0.15, -0.1) is 0 Å². The van der Waals surface area contributed by atoms with Crippen LogP contribution in [-0.4, -0.2) is 25.7 Å². The molecule has 1 rings (SSSR count). The van der Waals surface area contributed by atoms with Crippen LogP contribution in [0.25, 0.3) is 0 Å². The zero-order valence-electron chi connectivity index (χ0n) is 12.0. The molecule has 4 heteroatoms. The highest BCUT2D eigenvalue weighted by Crippen LogP contribution is 2.19. The number of hydrogen-bond acceptors (Lipinski definition) is 3. The van der Waals surface area contributed by atoms with Crippen molar-refractivity contribution in [1.29, 1.82) is 0 Å². The van der Waals surface area contributed by atoms with Crippen LogP contribution in [0, 0.1) is 0 Å². The van der Waals surface area contributed by atoms with Crippen molar-refractivity contribution in [3.8, 4) is 0 Å². The molecule has 0 aliphatic heterocycles. The molecule has 1 aromatic rings. The average molecular weight is 264 g/mol. The average Bonchev–Trinajstić information content (AvgIpc) is 2.45. The smallest absolute Gasteiger partial charge is 0.220 e. The number of ether oxygens (including phenoxy) is 1. The predicted molar refractivity (Wildman–Crippen MR) is 76.7 cm³/mol. The van der Waals surface area contributed by atoms with Gasteiger partial charge in [0.05, 0.1) is 11.6 Å². The van der Waals surface area contributed by atoms with Gasteiger partial charge in [0.15, 0.2) is 0 Å². The second-order valence-electron chi connectivity index (χ2n) is 5.04. The Morgan fingerprint density at radius 1 is 1.42 bits per heavy atom. The molecule has 2 atom stereocenters. The van der Waals surface area contributed by atoms with Gasteiger partial charge in [-0.25, -0.2) is 0 Å². The topological polar surface area (TPSA) is 64.3 Å². The van der Waals surface area contributed by atoms with Crippen LogP contribution in [0.4, 0.5) is 0 Å². The van der Waals surface area contributed by atoms with E-state index in [1.807, 2.05) is 44.2 Å². The molecule has 1 amide bonds. The van der Waals surface area contributed by atoms with Crippen molar-refractivity contribution in [1.82, 2.24) is 5.32 Å². The van der Waals surface area contributed by atoms with Gasteiger partial charge in [-0.2, -0.15) is 0 Å². The lowest BCUT2D eigenvalue weighted by atomic mass is 9.92. The monoisotopic (exact) mass is 264 g/mol. The van der Waals surface area contributed by atoms with E-state index < -0.39 is 5.54 Å². The Kier molecular flexibility index (Phi) is 5.99. The van der Waals surface area contributed by atoms with E-state index in [4.69, 9.17) is 10.5 Å². The van der Waals surface area contributed by atoms with E-state index in [0.717, 1.165) is 5.56 Å². The molecule has 0 fully saturated rings. The Morgan fingerprint density at radius 3 is 2.58 bits per heavy atom. The Bertz CT molecular complexity index is 394. The molecule has 0 aliphatic rings. The van der Waals surface area contributed by atoms with E-state index in [2.05, 4.69) is 5.32 Å². The summed E-state index contributed by atoms with van der Waals surface area (Å²) in [4.78, 5) is 12.0. The third-order valence-corrected chi connectivity index (χ3v) is 3.41. The van der Waals surface area contributed by atoms with E-state index in [-0.39, 0.29) is 12.0 Å². The number of rotatable bonds is 7.